The number of aryl methyl sites for hydroxylation is 2. The van der Waals surface area contributed by atoms with E-state index in [-0.39, 0.29) is 5.91 Å². The van der Waals surface area contributed by atoms with Crippen molar-refractivity contribution in [1.82, 2.24) is 10.3 Å². The van der Waals surface area contributed by atoms with Crippen LogP contribution in [-0.4, -0.2) is 23.0 Å². The Morgan fingerprint density at radius 2 is 1.95 bits per heavy atom. The first-order valence-electron chi connectivity index (χ1n) is 6.47. The van der Waals surface area contributed by atoms with E-state index in [1.54, 1.807) is 19.2 Å². The number of nitrogens with one attached hydrogen (secondary N) is 1. The summed E-state index contributed by atoms with van der Waals surface area (Å²) in [6, 6.07) is 11.1. The average Bonchev–Trinajstić information content (AvgIpc) is 2.45. The van der Waals surface area contributed by atoms with Gasteiger partial charge in [0.15, 0.2) is 0 Å². The van der Waals surface area contributed by atoms with Gasteiger partial charge < -0.3 is 10.4 Å². The predicted molar refractivity (Wildman–Crippen MR) is 77.6 cm³/mol. The summed E-state index contributed by atoms with van der Waals surface area (Å²) in [5.41, 5.74) is 3.48. The molecule has 0 fully saturated rings. The molecule has 0 aliphatic rings. The van der Waals surface area contributed by atoms with E-state index in [2.05, 4.69) is 10.3 Å². The van der Waals surface area contributed by atoms with Gasteiger partial charge in [0.25, 0.3) is 5.91 Å². The third-order valence-electron chi connectivity index (χ3n) is 3.21. The van der Waals surface area contributed by atoms with Crippen LogP contribution >= 0.6 is 0 Å². The Morgan fingerprint density at radius 1 is 1.25 bits per heavy atom. The highest BCUT2D eigenvalue weighted by Gasteiger charge is 2.16. The summed E-state index contributed by atoms with van der Waals surface area (Å²) in [5.74, 6) is -0.257. The Bertz CT molecular complexity index is 638. The normalized spacial score (nSPS) is 12.0. The number of carbonyl (C=O) groups excluding carboxylic acids is 1. The molecule has 104 valence electrons. The van der Waals surface area contributed by atoms with Crippen molar-refractivity contribution >= 4 is 5.91 Å². The van der Waals surface area contributed by atoms with Gasteiger partial charge in [0.1, 0.15) is 11.8 Å². The third-order valence-corrected chi connectivity index (χ3v) is 3.21. The van der Waals surface area contributed by atoms with Gasteiger partial charge in [-0.25, -0.2) is 4.98 Å². The first kappa shape index (κ1) is 14.2. The van der Waals surface area contributed by atoms with Gasteiger partial charge in [0, 0.05) is 7.05 Å². The molecule has 0 bridgehead atoms. The Morgan fingerprint density at radius 3 is 2.60 bits per heavy atom. The standard InChI is InChI=1S/C16H18N2O2/c1-10-8-13(18-14(9-10)16(20)17-3)15(19)12-7-5-4-6-11(12)2/h4-9,15,19H,1-3H3,(H,17,20). The number of aliphatic hydroxyl groups excluding tert-OH is 1. The maximum Gasteiger partial charge on any atom is 0.269 e. The van der Waals surface area contributed by atoms with E-state index in [4.69, 9.17) is 0 Å². The van der Waals surface area contributed by atoms with Crippen molar-refractivity contribution in [2.24, 2.45) is 0 Å². The molecule has 4 nitrogen and oxygen atoms in total. The minimum Gasteiger partial charge on any atom is -0.382 e. The van der Waals surface area contributed by atoms with Gasteiger partial charge in [-0.1, -0.05) is 24.3 Å². The topological polar surface area (TPSA) is 62.2 Å². The van der Waals surface area contributed by atoms with Crippen molar-refractivity contribution in [3.8, 4) is 0 Å². The minimum absolute atomic E-state index is 0.257. The molecule has 1 unspecified atom stereocenters. The quantitative estimate of drug-likeness (QED) is 0.898. The van der Waals surface area contributed by atoms with Crippen LogP contribution in [0.1, 0.15) is 39.0 Å². The van der Waals surface area contributed by atoms with Crippen molar-refractivity contribution < 1.29 is 9.90 Å². The lowest BCUT2D eigenvalue weighted by molar-refractivity contribution is 0.0957. The number of benzene rings is 1. The molecule has 0 spiro atoms. The van der Waals surface area contributed by atoms with Crippen molar-refractivity contribution in [3.63, 3.8) is 0 Å². The van der Waals surface area contributed by atoms with E-state index in [1.807, 2.05) is 38.1 Å². The molecule has 1 aromatic heterocycles. The van der Waals surface area contributed by atoms with E-state index in [1.165, 1.54) is 0 Å². The molecule has 2 aromatic rings. The SMILES string of the molecule is CNC(=O)c1cc(C)cc(C(O)c2ccccc2C)n1. The fourth-order valence-corrected chi connectivity index (χ4v) is 2.13. The van der Waals surface area contributed by atoms with E-state index in [0.717, 1.165) is 16.7 Å². The molecule has 1 heterocycles. The number of aliphatic hydroxyl groups is 1. The lowest BCUT2D eigenvalue weighted by Gasteiger charge is -2.14. The average molecular weight is 270 g/mol. The largest absolute Gasteiger partial charge is 0.382 e. The fourth-order valence-electron chi connectivity index (χ4n) is 2.13. The predicted octanol–water partition coefficient (Wildman–Crippen LogP) is 2.14. The second-order valence-corrected chi connectivity index (χ2v) is 4.79. The molecule has 0 saturated heterocycles. The smallest absolute Gasteiger partial charge is 0.269 e. The van der Waals surface area contributed by atoms with Crippen molar-refractivity contribution in [2.45, 2.75) is 20.0 Å². The molecule has 0 saturated carbocycles. The van der Waals surface area contributed by atoms with E-state index in [0.29, 0.717) is 11.4 Å². The highest BCUT2D eigenvalue weighted by Crippen LogP contribution is 2.24. The Balaban J connectivity index is 2.45. The minimum atomic E-state index is -0.834. The van der Waals surface area contributed by atoms with Crippen LogP contribution in [0.4, 0.5) is 0 Å². The van der Waals surface area contributed by atoms with Gasteiger partial charge in [-0.05, 0) is 42.7 Å². The number of aromatic nitrogens is 1. The monoisotopic (exact) mass is 270 g/mol. The van der Waals surface area contributed by atoms with E-state index < -0.39 is 6.10 Å². The van der Waals surface area contributed by atoms with Crippen LogP contribution in [0.2, 0.25) is 0 Å². The molecule has 0 aliphatic carbocycles. The van der Waals surface area contributed by atoms with Crippen LogP contribution in [0.25, 0.3) is 0 Å². The molecule has 2 rings (SSSR count). The molecular formula is C16H18N2O2. The van der Waals surface area contributed by atoms with Crippen molar-refractivity contribution in [3.05, 3.63) is 64.5 Å². The number of pyridine rings is 1. The number of hydrogen-bond acceptors (Lipinski definition) is 3. The molecular weight excluding hydrogens is 252 g/mol. The molecule has 1 aromatic carbocycles. The summed E-state index contributed by atoms with van der Waals surface area (Å²) in [4.78, 5) is 15.9. The van der Waals surface area contributed by atoms with Gasteiger partial charge in [-0.2, -0.15) is 0 Å². The van der Waals surface area contributed by atoms with Crippen LogP contribution < -0.4 is 5.32 Å². The second-order valence-electron chi connectivity index (χ2n) is 4.79. The van der Waals surface area contributed by atoms with Gasteiger partial charge in [-0.3, -0.25) is 4.79 Å². The molecule has 2 N–H and O–H groups in total. The number of carbonyl (C=O) groups is 1. The van der Waals surface area contributed by atoms with Crippen molar-refractivity contribution in [2.75, 3.05) is 7.05 Å². The van der Waals surface area contributed by atoms with E-state index in [9.17, 15) is 9.90 Å². The van der Waals surface area contributed by atoms with Gasteiger partial charge in [0.05, 0.1) is 5.69 Å². The highest BCUT2D eigenvalue weighted by atomic mass is 16.3. The number of nitrogens with zero attached hydrogens (tertiary/aromatic N) is 1. The Hall–Kier alpha value is -2.20. The number of rotatable bonds is 3. The number of hydrogen-bond donors (Lipinski definition) is 2. The second kappa shape index (κ2) is 5.84. The number of amides is 1. The van der Waals surface area contributed by atoms with Gasteiger partial charge >= 0.3 is 0 Å². The van der Waals surface area contributed by atoms with Gasteiger partial charge in [-0.15, -0.1) is 0 Å². The zero-order valence-electron chi connectivity index (χ0n) is 11.8. The highest BCUT2D eigenvalue weighted by molar-refractivity contribution is 5.92. The lowest BCUT2D eigenvalue weighted by atomic mass is 10.00. The first-order chi connectivity index (χ1) is 9.52. The molecule has 1 amide bonds. The summed E-state index contributed by atoms with van der Waals surface area (Å²) in [6.45, 7) is 3.82. The Kier molecular flexibility index (Phi) is 4.15. The molecule has 20 heavy (non-hydrogen) atoms. The zero-order chi connectivity index (χ0) is 14.7. The van der Waals surface area contributed by atoms with E-state index >= 15 is 0 Å². The first-order valence-corrected chi connectivity index (χ1v) is 6.47. The molecule has 0 radical (unpaired) electrons. The summed E-state index contributed by atoms with van der Waals surface area (Å²) in [5, 5.41) is 13.0. The van der Waals surface area contributed by atoms with Crippen molar-refractivity contribution in [1.29, 1.82) is 0 Å². The zero-order valence-corrected chi connectivity index (χ0v) is 11.8. The van der Waals surface area contributed by atoms with Crippen LogP contribution in [0.5, 0.6) is 0 Å². The van der Waals surface area contributed by atoms with Gasteiger partial charge in [0.2, 0.25) is 0 Å². The van der Waals surface area contributed by atoms with Crippen LogP contribution in [-0.2, 0) is 0 Å². The molecule has 0 aliphatic heterocycles. The maximum atomic E-state index is 11.7. The van der Waals surface area contributed by atoms with Crippen LogP contribution in [0.3, 0.4) is 0 Å². The Labute approximate surface area is 118 Å². The molecule has 4 heteroatoms. The third kappa shape index (κ3) is 2.86. The lowest BCUT2D eigenvalue weighted by Crippen LogP contribution is -2.20. The fraction of sp³-hybridized carbons (Fsp3) is 0.250. The summed E-state index contributed by atoms with van der Waals surface area (Å²) >= 11 is 0. The summed E-state index contributed by atoms with van der Waals surface area (Å²) < 4.78 is 0. The molecule has 1 atom stereocenters. The summed E-state index contributed by atoms with van der Waals surface area (Å²) in [6.07, 6.45) is -0.834. The summed E-state index contributed by atoms with van der Waals surface area (Å²) in [7, 11) is 1.56. The van der Waals surface area contributed by atoms with Crippen LogP contribution in [0.15, 0.2) is 36.4 Å². The van der Waals surface area contributed by atoms with Crippen LogP contribution in [0, 0.1) is 13.8 Å². The maximum absolute atomic E-state index is 11.7.